The van der Waals surface area contributed by atoms with Crippen molar-refractivity contribution in [1.29, 1.82) is 0 Å². The largest absolute Gasteiger partial charge is 0.459 e. The molecule has 0 amide bonds. The summed E-state index contributed by atoms with van der Waals surface area (Å²) in [6, 6.07) is 5.28. The highest BCUT2D eigenvalue weighted by Crippen LogP contribution is 2.49. The number of aromatic nitrogens is 29. The predicted octanol–water partition coefficient (Wildman–Crippen LogP) is 7.67. The summed E-state index contributed by atoms with van der Waals surface area (Å²) in [5, 5.41) is 0. The van der Waals surface area contributed by atoms with Crippen LogP contribution in [0.3, 0.4) is 0 Å². The number of pyridine rings is 1. The Kier molecular flexibility index (Phi) is 23.8. The molecular weight excluding hydrogens is 1780 g/mol. The Labute approximate surface area is 797 Å². The summed E-state index contributed by atoms with van der Waals surface area (Å²) in [5.74, 6) is 12.8. The Morgan fingerprint density at radius 1 is 0.273 bits per heavy atom. The van der Waals surface area contributed by atoms with Crippen molar-refractivity contribution in [2.24, 2.45) is 0 Å². The van der Waals surface area contributed by atoms with E-state index in [1.54, 1.807) is 49.6 Å². The third kappa shape index (κ3) is 17.7. The topological polar surface area (TPSA) is 452 Å². The molecule has 0 unspecified atom stereocenters. The molecule has 0 aromatic carbocycles. The summed E-state index contributed by atoms with van der Waals surface area (Å²) in [4.78, 5) is 123. The molecule has 27 rings (SSSR count). The molecule has 15 aromatic heterocycles. The van der Waals surface area contributed by atoms with Crippen molar-refractivity contribution in [3.8, 4) is 69.0 Å². The number of fused-ring (bicyclic) bond motifs is 16. The maximum atomic E-state index is 6.24. The highest BCUT2D eigenvalue weighted by molar-refractivity contribution is 5.91. The van der Waals surface area contributed by atoms with Gasteiger partial charge in [-0.2, -0.15) is 9.97 Å². The van der Waals surface area contributed by atoms with Gasteiger partial charge in [-0.15, -0.1) is 0 Å². The lowest BCUT2D eigenvalue weighted by atomic mass is 10.00. The van der Waals surface area contributed by atoms with Gasteiger partial charge in [0.15, 0.2) is 120 Å². The third-order valence-corrected chi connectivity index (χ3v) is 26.8. The van der Waals surface area contributed by atoms with Crippen molar-refractivity contribution in [3.63, 3.8) is 0 Å². The minimum Gasteiger partial charge on any atom is -0.459 e. The van der Waals surface area contributed by atoms with Gasteiger partial charge in [-0.1, -0.05) is 0 Å². The first kappa shape index (κ1) is 89.4. The fraction of sp³-hybridized carbons (Fsp3) is 0.511. The maximum Gasteiger partial charge on any atom is 0.299 e. The van der Waals surface area contributed by atoms with E-state index in [2.05, 4.69) is 115 Å². The van der Waals surface area contributed by atoms with Gasteiger partial charge in [0.05, 0.1) is 121 Å². The lowest BCUT2D eigenvalue weighted by Crippen LogP contribution is -2.53. The zero-order chi connectivity index (χ0) is 94.3. The average molecular weight is 1890 g/mol. The molecule has 1 aliphatic carbocycles. The highest BCUT2D eigenvalue weighted by atomic mass is 16.6. The lowest BCUT2D eigenvalue weighted by Gasteiger charge is -2.43. The van der Waals surface area contributed by atoms with Crippen LogP contribution >= 0.6 is 0 Å². The van der Waals surface area contributed by atoms with Crippen LogP contribution in [0.25, 0.3) is 113 Å². The molecule has 45 nitrogen and oxygen atoms in total. The Hall–Kier alpha value is -13.5. The summed E-state index contributed by atoms with van der Waals surface area (Å²) < 4.78 is 73.6. The molecule has 139 heavy (non-hydrogen) atoms. The first-order valence-corrected chi connectivity index (χ1v) is 47.7. The van der Waals surface area contributed by atoms with Gasteiger partial charge >= 0.3 is 0 Å². The van der Waals surface area contributed by atoms with Crippen LogP contribution in [-0.2, 0) is 93.2 Å². The van der Waals surface area contributed by atoms with Crippen LogP contribution in [0.15, 0.2) is 67.9 Å². The van der Waals surface area contributed by atoms with E-state index in [0.29, 0.717) is 159 Å². The molecule has 12 aliphatic rings. The molecule has 15 aromatic rings. The number of imidazole rings is 5. The first-order chi connectivity index (χ1) is 67.8. The molecule has 7 fully saturated rings. The van der Waals surface area contributed by atoms with Crippen LogP contribution in [-0.4, -0.2) is 318 Å². The van der Waals surface area contributed by atoms with Crippen molar-refractivity contribution < 1.29 is 52.1 Å². The molecule has 720 valence electrons. The number of anilines is 5. The van der Waals surface area contributed by atoms with Crippen LogP contribution in [0.1, 0.15) is 99.8 Å². The van der Waals surface area contributed by atoms with Crippen LogP contribution < -0.4 is 34.0 Å². The van der Waals surface area contributed by atoms with Gasteiger partial charge in [-0.05, 0) is 87.3 Å². The molecule has 1 saturated carbocycles. The van der Waals surface area contributed by atoms with E-state index in [1.165, 1.54) is 0 Å². The van der Waals surface area contributed by atoms with Crippen molar-refractivity contribution in [2.75, 3.05) is 189 Å². The van der Waals surface area contributed by atoms with Gasteiger partial charge in [-0.25, -0.2) is 105 Å². The second kappa shape index (κ2) is 37.0. The van der Waals surface area contributed by atoms with Gasteiger partial charge in [0.25, 0.3) is 12.0 Å². The average Bonchev–Trinajstić information content (AvgIpc) is 1.54. The summed E-state index contributed by atoms with van der Waals surface area (Å²) in [7, 11) is 0. The molecule has 6 saturated heterocycles. The zero-order valence-electron chi connectivity index (χ0n) is 79.3. The minimum atomic E-state index is -0.464. The fourth-order valence-corrected chi connectivity index (χ4v) is 18.7. The van der Waals surface area contributed by atoms with E-state index in [4.69, 9.17) is 127 Å². The van der Waals surface area contributed by atoms with Gasteiger partial charge in [0, 0.05) is 178 Å². The van der Waals surface area contributed by atoms with Crippen LogP contribution in [0.2, 0.25) is 0 Å². The van der Waals surface area contributed by atoms with Gasteiger partial charge in [0.1, 0.15) is 64.2 Å². The molecule has 0 atom stereocenters. The quantitative estimate of drug-likeness (QED) is 0.127. The fourth-order valence-electron chi connectivity index (χ4n) is 18.7. The molecule has 45 heteroatoms. The Morgan fingerprint density at radius 3 is 1.01 bits per heavy atom. The number of morpholine rings is 5. The lowest BCUT2D eigenvalue weighted by molar-refractivity contribution is -0.232. The van der Waals surface area contributed by atoms with Crippen molar-refractivity contribution in [1.82, 2.24) is 142 Å². The summed E-state index contributed by atoms with van der Waals surface area (Å²) in [6.45, 7) is 39.6. The number of nitrogens with zero attached hydrogens (tertiary/aromatic N) is 34. The highest BCUT2D eigenvalue weighted by Gasteiger charge is 2.51. The Bertz CT molecular complexity index is 6900. The second-order valence-corrected chi connectivity index (χ2v) is 37.3. The summed E-state index contributed by atoms with van der Waals surface area (Å²) in [5.41, 5.74) is 12.1. The minimum absolute atomic E-state index is 0.0115. The van der Waals surface area contributed by atoms with Crippen molar-refractivity contribution in [2.45, 2.75) is 150 Å². The number of rotatable bonds is 10. The van der Waals surface area contributed by atoms with E-state index in [-0.39, 0.29) is 11.2 Å². The van der Waals surface area contributed by atoms with E-state index in [0.717, 1.165) is 271 Å². The molecule has 2 spiro atoms. The van der Waals surface area contributed by atoms with Crippen molar-refractivity contribution in [3.05, 3.63) is 114 Å². The monoisotopic (exact) mass is 1890 g/mol. The zero-order valence-corrected chi connectivity index (χ0v) is 79.3. The molecule has 26 heterocycles. The Balaban J connectivity index is 0.0000000972. The van der Waals surface area contributed by atoms with Gasteiger partial charge in [0.2, 0.25) is 0 Å². The molecule has 11 aliphatic heterocycles. The first-order valence-electron chi connectivity index (χ1n) is 47.7. The van der Waals surface area contributed by atoms with Crippen molar-refractivity contribution >= 4 is 84.9 Å². The molecular formula is C94H108N34O11. The SMILES string of the molecule is Cc1ccc(-c2nc(N3CCOCC3)c3nc4n(c3n2)CCOC4(C)C)cn1.Cc1ncc(-c2nc(N3CCOCC3)c3nc4n(c3n2)CCC(C)(C)O4)cn1.Cc1ncc(-c2nc(N3CCOCC3)c3nc4n(c3n2)CCC2(CC2)O4)cn1.Cc1ncc(-c2nc(N3CCOCC3)c3nc4n(c3n2)CCOC4)cn1.Cc1ncc(-c2nc(N3CCOCC3)c3nc4n(c3n2)CCOC42COC2)cn1. The van der Waals surface area contributed by atoms with E-state index in [1.807, 2.05) is 57.5 Å². The smallest absolute Gasteiger partial charge is 0.299 e. The number of ether oxygens (including phenoxy) is 11. The molecule has 0 bridgehead atoms. The number of aryl methyl sites for hydroxylation is 7. The van der Waals surface area contributed by atoms with E-state index >= 15 is 0 Å². The van der Waals surface area contributed by atoms with E-state index in [9.17, 15) is 0 Å². The number of hydrogen-bond acceptors (Lipinski definition) is 40. The molecule has 0 radical (unpaired) electrons. The predicted molar refractivity (Wildman–Crippen MR) is 506 cm³/mol. The van der Waals surface area contributed by atoms with Gasteiger partial charge in [-0.3, -0.25) is 14.1 Å². The molecule has 0 N–H and O–H groups in total. The Morgan fingerprint density at radius 2 is 0.612 bits per heavy atom. The second-order valence-electron chi connectivity index (χ2n) is 37.3. The van der Waals surface area contributed by atoms with E-state index < -0.39 is 11.2 Å². The normalized spacial score (nSPS) is 19.3. The summed E-state index contributed by atoms with van der Waals surface area (Å²) >= 11 is 0. The third-order valence-electron chi connectivity index (χ3n) is 26.8. The van der Waals surface area contributed by atoms with Crippen LogP contribution in [0.5, 0.6) is 12.0 Å². The standard InChI is InChI=1S/C20H24N6O2.C19H21N7O3.C19H21N7O2.C19H23N7O2.C17H19N7O2/c1-13-4-5-14(12-21-13)16-23-17(25-6-9-27-10-7-25)15-18(24-16)26-8-11-28-20(2,3)19(26)22-15;1-12-20-8-13(9-21-12)15-23-16(25-2-5-27-6-3-25)14-17(24-15)26-4-7-29-19(10-28-11-19)18(26)22-14;1-12-20-10-13(11-21-12)15-23-16(25-6-8-27-9-7-25)14-17(24-15)26-5-4-19(2-3-19)28-18(26)22-14;1-12-20-10-13(11-21-12)15-23-16(25-6-8-27-9-7-25)14-17(24-15)26-5-4-19(2,3)28-18(26)22-14;1-11-18-8-12(9-19-11)15-21-16(23-2-5-25-6-3-23)14-17(22-15)24-4-7-26-10-13(24)20-14/h4-5,12H,6-11H2,1-3H3;8-9H,2-7,10-11H2,1H3;10-11H,2-9H2,1H3;10-11H,4-9H2,1-3H3;8-9H,2-7,10H2,1H3. The summed E-state index contributed by atoms with van der Waals surface area (Å²) in [6.07, 6.45) is 20.1. The maximum absolute atomic E-state index is 6.24. The van der Waals surface area contributed by atoms with Crippen LogP contribution in [0.4, 0.5) is 29.1 Å². The number of hydrogen-bond donors (Lipinski definition) is 0. The van der Waals surface area contributed by atoms with Gasteiger partial charge < -0.3 is 90.3 Å². The van der Waals surface area contributed by atoms with Crippen LogP contribution in [0, 0.1) is 34.6 Å².